The van der Waals surface area contributed by atoms with Crippen molar-refractivity contribution in [3.8, 4) is 0 Å². The molecule has 2 fully saturated rings. The van der Waals surface area contributed by atoms with Crippen LogP contribution >= 0.6 is 11.8 Å². The summed E-state index contributed by atoms with van der Waals surface area (Å²) >= 11 is 2.00. The molecule has 1 aromatic rings. The van der Waals surface area contributed by atoms with E-state index in [4.69, 9.17) is 9.51 Å². The molecule has 1 saturated heterocycles. The summed E-state index contributed by atoms with van der Waals surface area (Å²) in [6, 6.07) is 0. The van der Waals surface area contributed by atoms with E-state index in [1.54, 1.807) is 0 Å². The van der Waals surface area contributed by atoms with Crippen molar-refractivity contribution in [2.45, 2.75) is 68.3 Å². The average Bonchev–Trinajstić information content (AvgIpc) is 3.17. The van der Waals surface area contributed by atoms with Crippen LogP contribution in [0.2, 0.25) is 0 Å². The second kappa shape index (κ2) is 6.48. The van der Waals surface area contributed by atoms with Crippen LogP contribution in [0.5, 0.6) is 0 Å². The highest BCUT2D eigenvalue weighted by Crippen LogP contribution is 2.34. The van der Waals surface area contributed by atoms with Crippen molar-refractivity contribution in [2.75, 3.05) is 13.1 Å². The van der Waals surface area contributed by atoms with Gasteiger partial charge in [0, 0.05) is 11.8 Å². The van der Waals surface area contributed by atoms with E-state index in [9.17, 15) is 0 Å². The van der Waals surface area contributed by atoms with Gasteiger partial charge in [0.25, 0.3) is 0 Å². The number of rotatable bonds is 5. The molecule has 20 heavy (non-hydrogen) atoms. The van der Waals surface area contributed by atoms with Crippen LogP contribution < -0.4 is 5.32 Å². The Hall–Kier alpha value is -0.550. The van der Waals surface area contributed by atoms with Gasteiger partial charge >= 0.3 is 0 Å². The van der Waals surface area contributed by atoms with E-state index in [-0.39, 0.29) is 5.41 Å². The Morgan fingerprint density at radius 3 is 2.90 bits per heavy atom. The number of nitrogens with zero attached hydrogens (tertiary/aromatic N) is 2. The molecule has 1 aromatic heterocycles. The lowest BCUT2D eigenvalue weighted by Gasteiger charge is -2.33. The van der Waals surface area contributed by atoms with E-state index < -0.39 is 0 Å². The molecule has 2 aliphatic rings. The van der Waals surface area contributed by atoms with E-state index in [1.807, 2.05) is 11.8 Å². The quantitative estimate of drug-likeness (QED) is 0.903. The van der Waals surface area contributed by atoms with Crippen molar-refractivity contribution in [2.24, 2.45) is 0 Å². The Labute approximate surface area is 125 Å². The van der Waals surface area contributed by atoms with Crippen molar-refractivity contribution in [1.82, 2.24) is 15.5 Å². The molecular weight excluding hydrogens is 270 g/mol. The number of aromatic nitrogens is 2. The predicted octanol–water partition coefficient (Wildman–Crippen LogP) is 3.28. The molecule has 3 rings (SSSR count). The van der Waals surface area contributed by atoms with Gasteiger partial charge in [0.2, 0.25) is 5.89 Å². The smallest absolute Gasteiger partial charge is 0.234 e. The van der Waals surface area contributed by atoms with Gasteiger partial charge in [-0.3, -0.25) is 0 Å². The Kier molecular flexibility index (Phi) is 4.66. The number of piperidine rings is 1. The van der Waals surface area contributed by atoms with Crippen LogP contribution in [0.1, 0.15) is 63.6 Å². The standard InChI is InChI=1S/C15H25N3OS/c1-2-15(8-5-9-16-11-15)14-17-13(18-19-14)10-20-12-6-3-4-7-12/h12,16H,2-11H2,1H3. The van der Waals surface area contributed by atoms with E-state index in [2.05, 4.69) is 17.4 Å². The number of hydrogen-bond acceptors (Lipinski definition) is 5. The van der Waals surface area contributed by atoms with Crippen LogP contribution in [-0.4, -0.2) is 28.5 Å². The molecule has 0 bridgehead atoms. The molecule has 5 heteroatoms. The zero-order valence-corrected chi connectivity index (χ0v) is 13.2. The second-order valence-electron chi connectivity index (χ2n) is 6.15. The van der Waals surface area contributed by atoms with Crippen molar-refractivity contribution >= 4 is 11.8 Å². The van der Waals surface area contributed by atoms with Gasteiger partial charge in [-0.25, -0.2) is 0 Å². The molecule has 0 amide bonds. The summed E-state index contributed by atoms with van der Waals surface area (Å²) in [5.74, 6) is 2.64. The van der Waals surface area contributed by atoms with E-state index >= 15 is 0 Å². The number of nitrogens with one attached hydrogen (secondary N) is 1. The van der Waals surface area contributed by atoms with Crippen molar-refractivity contribution in [3.05, 3.63) is 11.7 Å². The predicted molar refractivity (Wildman–Crippen MR) is 81.9 cm³/mol. The highest BCUT2D eigenvalue weighted by Gasteiger charge is 2.37. The van der Waals surface area contributed by atoms with Gasteiger partial charge in [-0.15, -0.1) is 0 Å². The summed E-state index contributed by atoms with van der Waals surface area (Å²) in [5, 5.41) is 8.50. The molecule has 1 unspecified atom stereocenters. The summed E-state index contributed by atoms with van der Waals surface area (Å²) in [6.07, 6.45) is 8.92. The number of hydrogen-bond donors (Lipinski definition) is 1. The zero-order valence-electron chi connectivity index (χ0n) is 12.4. The Balaban J connectivity index is 1.62. The van der Waals surface area contributed by atoms with Gasteiger partial charge in [0.05, 0.1) is 11.2 Å². The maximum atomic E-state index is 5.60. The monoisotopic (exact) mass is 295 g/mol. The molecule has 0 aromatic carbocycles. The van der Waals surface area contributed by atoms with Crippen molar-refractivity contribution in [1.29, 1.82) is 0 Å². The fourth-order valence-corrected chi connectivity index (χ4v) is 4.55. The fraction of sp³-hybridized carbons (Fsp3) is 0.867. The van der Waals surface area contributed by atoms with E-state index in [0.717, 1.165) is 48.6 Å². The molecule has 1 N–H and O–H groups in total. The minimum absolute atomic E-state index is 0.0710. The van der Waals surface area contributed by atoms with E-state index in [0.29, 0.717) is 0 Å². The van der Waals surface area contributed by atoms with Gasteiger partial charge in [-0.1, -0.05) is 24.9 Å². The Bertz CT molecular complexity index is 423. The minimum atomic E-state index is 0.0710. The van der Waals surface area contributed by atoms with Gasteiger partial charge in [-0.05, 0) is 38.6 Å². The molecule has 112 valence electrons. The van der Waals surface area contributed by atoms with Crippen LogP contribution in [-0.2, 0) is 11.2 Å². The highest BCUT2D eigenvalue weighted by atomic mass is 32.2. The summed E-state index contributed by atoms with van der Waals surface area (Å²) in [4.78, 5) is 4.70. The summed E-state index contributed by atoms with van der Waals surface area (Å²) < 4.78 is 5.60. The van der Waals surface area contributed by atoms with Gasteiger partial charge in [0.15, 0.2) is 5.82 Å². The van der Waals surface area contributed by atoms with Crippen LogP contribution in [0.25, 0.3) is 0 Å². The topological polar surface area (TPSA) is 51.0 Å². The molecule has 2 heterocycles. The molecular formula is C15H25N3OS. The van der Waals surface area contributed by atoms with Crippen LogP contribution in [0.3, 0.4) is 0 Å². The Morgan fingerprint density at radius 2 is 2.20 bits per heavy atom. The Morgan fingerprint density at radius 1 is 1.35 bits per heavy atom. The first-order valence-corrected chi connectivity index (χ1v) is 9.03. The highest BCUT2D eigenvalue weighted by molar-refractivity contribution is 7.99. The third-order valence-electron chi connectivity index (χ3n) is 4.82. The molecule has 1 saturated carbocycles. The molecule has 4 nitrogen and oxygen atoms in total. The average molecular weight is 295 g/mol. The fourth-order valence-electron chi connectivity index (χ4n) is 3.38. The van der Waals surface area contributed by atoms with Crippen LogP contribution in [0.15, 0.2) is 4.52 Å². The first-order valence-electron chi connectivity index (χ1n) is 7.98. The molecule has 1 atom stereocenters. The van der Waals surface area contributed by atoms with E-state index in [1.165, 1.54) is 32.1 Å². The second-order valence-corrected chi connectivity index (χ2v) is 7.44. The summed E-state index contributed by atoms with van der Waals surface area (Å²) in [7, 11) is 0. The van der Waals surface area contributed by atoms with Gasteiger partial charge < -0.3 is 9.84 Å². The minimum Gasteiger partial charge on any atom is -0.339 e. The summed E-state index contributed by atoms with van der Waals surface area (Å²) in [6.45, 7) is 4.31. The van der Waals surface area contributed by atoms with Crippen LogP contribution in [0, 0.1) is 0 Å². The molecule has 1 aliphatic carbocycles. The third kappa shape index (κ3) is 3.03. The van der Waals surface area contributed by atoms with Crippen molar-refractivity contribution in [3.63, 3.8) is 0 Å². The summed E-state index contributed by atoms with van der Waals surface area (Å²) in [5.41, 5.74) is 0.0710. The maximum Gasteiger partial charge on any atom is 0.234 e. The largest absolute Gasteiger partial charge is 0.339 e. The molecule has 0 spiro atoms. The van der Waals surface area contributed by atoms with Crippen LogP contribution in [0.4, 0.5) is 0 Å². The van der Waals surface area contributed by atoms with Gasteiger partial charge in [-0.2, -0.15) is 16.7 Å². The normalized spacial score (nSPS) is 28.1. The lowest BCUT2D eigenvalue weighted by atomic mass is 9.78. The molecule has 0 radical (unpaired) electrons. The first kappa shape index (κ1) is 14.4. The van der Waals surface area contributed by atoms with Gasteiger partial charge in [0.1, 0.15) is 0 Å². The third-order valence-corrected chi connectivity index (χ3v) is 6.19. The maximum absolute atomic E-state index is 5.60. The first-order chi connectivity index (χ1) is 9.82. The lowest BCUT2D eigenvalue weighted by Crippen LogP contribution is -2.43. The molecule has 1 aliphatic heterocycles. The number of thioether (sulfide) groups is 1. The SMILES string of the molecule is CCC1(c2nc(CSC3CCCC3)no2)CCCNC1. The lowest BCUT2D eigenvalue weighted by molar-refractivity contribution is 0.220. The zero-order chi connectivity index (χ0) is 13.8. The van der Waals surface area contributed by atoms with Crippen molar-refractivity contribution < 1.29 is 4.52 Å².